The molecule has 1 atom stereocenters. The molecule has 2 aromatic carbocycles. The largest absolute Gasteiger partial charge is 0.348 e. The van der Waals surface area contributed by atoms with Crippen molar-refractivity contribution >= 4 is 29.1 Å². The van der Waals surface area contributed by atoms with Crippen molar-refractivity contribution < 1.29 is 4.79 Å². The number of aryl methyl sites for hydroxylation is 1. The minimum absolute atomic E-state index is 0.0233. The number of tetrazole rings is 1. The molecule has 0 spiro atoms. The average Bonchev–Trinajstić information content (AvgIpc) is 3.06. The van der Waals surface area contributed by atoms with Crippen LogP contribution in [-0.4, -0.2) is 26.1 Å². The van der Waals surface area contributed by atoms with Crippen LogP contribution in [0.3, 0.4) is 0 Å². The Kier molecular flexibility index (Phi) is 5.54. The lowest BCUT2D eigenvalue weighted by Gasteiger charge is -2.14. The van der Waals surface area contributed by atoms with E-state index in [1.54, 1.807) is 12.1 Å². The van der Waals surface area contributed by atoms with Crippen molar-refractivity contribution in [1.29, 1.82) is 0 Å². The molecular weight excluding hydrogens is 373 g/mol. The molecule has 1 heterocycles. The van der Waals surface area contributed by atoms with Gasteiger partial charge in [0.15, 0.2) is 0 Å². The van der Waals surface area contributed by atoms with Crippen molar-refractivity contribution in [3.8, 4) is 11.4 Å². The van der Waals surface area contributed by atoms with E-state index >= 15 is 0 Å². The van der Waals surface area contributed by atoms with Gasteiger partial charge in [0.05, 0.1) is 16.1 Å². The second-order valence-corrected chi connectivity index (χ2v) is 6.79. The summed E-state index contributed by atoms with van der Waals surface area (Å²) in [6, 6.07) is 12.8. The lowest BCUT2D eigenvalue weighted by molar-refractivity contribution is -0.122. The van der Waals surface area contributed by atoms with Crippen molar-refractivity contribution in [2.75, 3.05) is 0 Å². The van der Waals surface area contributed by atoms with E-state index in [0.29, 0.717) is 15.9 Å². The Hall–Kier alpha value is -2.44. The maximum atomic E-state index is 12.2. The van der Waals surface area contributed by atoms with E-state index in [-0.39, 0.29) is 18.5 Å². The Balaban J connectivity index is 1.63. The molecule has 1 amide bonds. The van der Waals surface area contributed by atoms with Gasteiger partial charge < -0.3 is 5.32 Å². The Morgan fingerprint density at radius 2 is 1.88 bits per heavy atom. The number of hydrogen-bond acceptors (Lipinski definition) is 4. The molecule has 3 rings (SSSR count). The molecule has 1 aromatic heterocycles. The zero-order valence-electron chi connectivity index (χ0n) is 14.3. The predicted octanol–water partition coefficient (Wildman–Crippen LogP) is 3.83. The summed E-state index contributed by atoms with van der Waals surface area (Å²) in [5, 5.41) is 16.0. The lowest BCUT2D eigenvalue weighted by Crippen LogP contribution is -2.30. The van der Waals surface area contributed by atoms with Crippen LogP contribution in [0.2, 0.25) is 10.0 Å². The zero-order chi connectivity index (χ0) is 18.7. The van der Waals surface area contributed by atoms with Gasteiger partial charge in [0, 0.05) is 5.56 Å². The highest BCUT2D eigenvalue weighted by atomic mass is 35.5. The molecule has 0 radical (unpaired) electrons. The number of benzene rings is 2. The fraction of sp³-hybridized carbons (Fsp3) is 0.222. The van der Waals surface area contributed by atoms with Crippen LogP contribution in [0.15, 0.2) is 42.5 Å². The second kappa shape index (κ2) is 7.85. The van der Waals surface area contributed by atoms with Crippen molar-refractivity contribution in [3.63, 3.8) is 0 Å². The van der Waals surface area contributed by atoms with Crippen molar-refractivity contribution in [1.82, 2.24) is 25.5 Å². The molecule has 3 aromatic rings. The summed E-state index contributed by atoms with van der Waals surface area (Å²) in [4.78, 5) is 13.5. The Bertz CT molecular complexity index is 924. The molecule has 0 saturated heterocycles. The van der Waals surface area contributed by atoms with Crippen molar-refractivity contribution in [3.05, 3.63) is 63.6 Å². The standard InChI is InChI=1S/C18H17Cl2N5O/c1-11-3-5-13(6-4-11)18-22-24-25(23-18)10-17(26)21-12(2)14-7-8-15(19)16(20)9-14/h3-9,12H,10H2,1-2H3,(H,21,26)/t12-/m1/s1. The SMILES string of the molecule is Cc1ccc(-c2nnn(CC(=O)N[C@H](C)c3ccc(Cl)c(Cl)c3)n2)cc1. The molecule has 0 aliphatic heterocycles. The Morgan fingerprint density at radius 3 is 2.58 bits per heavy atom. The van der Waals surface area contributed by atoms with Gasteiger partial charge in [-0.25, -0.2) is 0 Å². The number of nitrogens with one attached hydrogen (secondary N) is 1. The van der Waals surface area contributed by atoms with Crippen LogP contribution in [-0.2, 0) is 11.3 Å². The van der Waals surface area contributed by atoms with Crippen LogP contribution >= 0.6 is 23.2 Å². The van der Waals surface area contributed by atoms with Gasteiger partial charge >= 0.3 is 0 Å². The number of halogens is 2. The number of aromatic nitrogens is 4. The fourth-order valence-corrected chi connectivity index (χ4v) is 2.72. The number of carbonyl (C=O) groups is 1. The monoisotopic (exact) mass is 389 g/mol. The average molecular weight is 390 g/mol. The van der Waals surface area contributed by atoms with Gasteiger partial charge in [0.2, 0.25) is 11.7 Å². The maximum absolute atomic E-state index is 12.2. The topological polar surface area (TPSA) is 72.7 Å². The van der Waals surface area contributed by atoms with E-state index in [1.165, 1.54) is 4.80 Å². The van der Waals surface area contributed by atoms with Crippen molar-refractivity contribution in [2.45, 2.75) is 26.4 Å². The summed E-state index contributed by atoms with van der Waals surface area (Å²) in [5.41, 5.74) is 2.86. The first-order chi connectivity index (χ1) is 12.4. The zero-order valence-corrected chi connectivity index (χ0v) is 15.8. The highest BCUT2D eigenvalue weighted by Gasteiger charge is 2.13. The van der Waals surface area contributed by atoms with E-state index in [1.807, 2.05) is 44.2 Å². The van der Waals surface area contributed by atoms with Crippen LogP contribution in [0, 0.1) is 6.92 Å². The van der Waals surface area contributed by atoms with Gasteiger partial charge in [-0.2, -0.15) is 4.80 Å². The molecule has 6 nitrogen and oxygen atoms in total. The van der Waals surface area contributed by atoms with E-state index in [4.69, 9.17) is 23.2 Å². The summed E-state index contributed by atoms with van der Waals surface area (Å²) < 4.78 is 0. The van der Waals surface area contributed by atoms with Crippen LogP contribution in [0.5, 0.6) is 0 Å². The van der Waals surface area contributed by atoms with E-state index in [0.717, 1.165) is 16.7 Å². The molecule has 0 unspecified atom stereocenters. The van der Waals surface area contributed by atoms with Crippen LogP contribution in [0.4, 0.5) is 0 Å². The van der Waals surface area contributed by atoms with E-state index < -0.39 is 0 Å². The molecule has 134 valence electrons. The predicted molar refractivity (Wildman–Crippen MR) is 101 cm³/mol. The Morgan fingerprint density at radius 1 is 1.15 bits per heavy atom. The summed E-state index contributed by atoms with van der Waals surface area (Å²) in [5.74, 6) is 0.256. The summed E-state index contributed by atoms with van der Waals surface area (Å²) in [6.07, 6.45) is 0. The minimum atomic E-state index is -0.226. The number of nitrogens with zero attached hydrogens (tertiary/aromatic N) is 4. The molecule has 0 fully saturated rings. The van der Waals surface area contributed by atoms with Gasteiger partial charge in [-0.15, -0.1) is 10.2 Å². The van der Waals surface area contributed by atoms with Crippen molar-refractivity contribution in [2.24, 2.45) is 0 Å². The van der Waals surface area contributed by atoms with Gasteiger partial charge in [0.1, 0.15) is 6.54 Å². The van der Waals surface area contributed by atoms with Gasteiger partial charge in [-0.3, -0.25) is 4.79 Å². The quantitative estimate of drug-likeness (QED) is 0.719. The highest BCUT2D eigenvalue weighted by molar-refractivity contribution is 6.42. The molecule has 0 bridgehead atoms. The first kappa shape index (κ1) is 18.4. The molecule has 0 saturated carbocycles. The number of rotatable bonds is 5. The second-order valence-electron chi connectivity index (χ2n) is 5.97. The maximum Gasteiger partial charge on any atom is 0.244 e. The minimum Gasteiger partial charge on any atom is -0.348 e. The number of amides is 1. The third-order valence-electron chi connectivity index (χ3n) is 3.87. The molecule has 8 heteroatoms. The summed E-state index contributed by atoms with van der Waals surface area (Å²) in [7, 11) is 0. The normalized spacial score (nSPS) is 12.0. The van der Waals surface area contributed by atoms with E-state index in [9.17, 15) is 4.79 Å². The molecule has 26 heavy (non-hydrogen) atoms. The number of hydrogen-bond donors (Lipinski definition) is 1. The van der Waals surface area contributed by atoms with Crippen LogP contribution in [0.1, 0.15) is 24.1 Å². The van der Waals surface area contributed by atoms with Gasteiger partial charge in [-0.1, -0.05) is 59.1 Å². The first-order valence-electron chi connectivity index (χ1n) is 8.01. The summed E-state index contributed by atoms with van der Waals surface area (Å²) >= 11 is 11.9. The smallest absolute Gasteiger partial charge is 0.244 e. The third-order valence-corrected chi connectivity index (χ3v) is 4.61. The highest BCUT2D eigenvalue weighted by Crippen LogP contribution is 2.25. The first-order valence-corrected chi connectivity index (χ1v) is 8.77. The van der Waals surface area contributed by atoms with Gasteiger partial charge in [-0.05, 0) is 36.8 Å². The molecule has 1 N–H and O–H groups in total. The van der Waals surface area contributed by atoms with Crippen LogP contribution in [0.25, 0.3) is 11.4 Å². The molecule has 0 aliphatic rings. The van der Waals surface area contributed by atoms with Gasteiger partial charge in [0.25, 0.3) is 0 Å². The third kappa shape index (κ3) is 4.39. The lowest BCUT2D eigenvalue weighted by atomic mass is 10.1. The fourth-order valence-electron chi connectivity index (χ4n) is 2.41. The molecule has 0 aliphatic carbocycles. The Labute approximate surface area is 161 Å². The summed E-state index contributed by atoms with van der Waals surface area (Å²) in [6.45, 7) is 3.85. The number of carbonyl (C=O) groups excluding carboxylic acids is 1. The van der Waals surface area contributed by atoms with E-state index in [2.05, 4.69) is 20.7 Å². The molecular formula is C18H17Cl2N5O. The van der Waals surface area contributed by atoms with Crippen LogP contribution < -0.4 is 5.32 Å².